The standard InChI is InChI=1S/C15H33O4PS3/c1-13(2,3)10-21-17-20(16,18-22-11-14(4,5)6)19-23-12-15(7,8)9/h10-12H2,1-9H3. The van der Waals surface area contributed by atoms with Crippen molar-refractivity contribution in [2.24, 2.45) is 16.2 Å². The fourth-order valence-corrected chi connectivity index (χ4v) is 5.05. The summed E-state index contributed by atoms with van der Waals surface area (Å²) in [4.78, 5) is 0. The lowest BCUT2D eigenvalue weighted by Gasteiger charge is -2.22. The Morgan fingerprint density at radius 1 is 0.609 bits per heavy atom. The molecule has 8 heteroatoms. The molecule has 0 unspecified atom stereocenters. The first-order chi connectivity index (χ1) is 10.1. The average molecular weight is 405 g/mol. The van der Waals surface area contributed by atoms with E-state index in [4.69, 9.17) is 11.9 Å². The second kappa shape index (κ2) is 9.75. The van der Waals surface area contributed by atoms with Crippen LogP contribution in [0.25, 0.3) is 0 Å². The summed E-state index contributed by atoms with van der Waals surface area (Å²) in [6, 6.07) is 0. The Morgan fingerprint density at radius 3 is 1.00 bits per heavy atom. The van der Waals surface area contributed by atoms with Gasteiger partial charge in [0, 0.05) is 53.4 Å². The Balaban J connectivity index is 4.53. The second-order valence-electron chi connectivity index (χ2n) is 9.14. The molecule has 0 aromatic heterocycles. The van der Waals surface area contributed by atoms with Gasteiger partial charge in [0.05, 0.1) is 0 Å². The molecule has 4 nitrogen and oxygen atoms in total. The molecule has 0 heterocycles. The van der Waals surface area contributed by atoms with E-state index in [9.17, 15) is 4.57 Å². The minimum atomic E-state index is -3.59. The normalized spacial score (nSPS) is 14.3. The van der Waals surface area contributed by atoms with Gasteiger partial charge in [-0.15, -0.1) is 0 Å². The Kier molecular flexibility index (Phi) is 10.2. The first kappa shape index (κ1) is 24.2. The highest BCUT2D eigenvalue weighted by Crippen LogP contribution is 2.59. The summed E-state index contributed by atoms with van der Waals surface area (Å²) >= 11 is 3.43. The van der Waals surface area contributed by atoms with E-state index in [0.717, 1.165) is 36.1 Å². The van der Waals surface area contributed by atoms with Crippen LogP contribution in [-0.2, 0) is 16.5 Å². The lowest BCUT2D eigenvalue weighted by atomic mass is 10.0. The maximum atomic E-state index is 12.7. The molecule has 0 bridgehead atoms. The predicted molar refractivity (Wildman–Crippen MR) is 107 cm³/mol. The van der Waals surface area contributed by atoms with Crippen LogP contribution in [0.4, 0.5) is 0 Å². The monoisotopic (exact) mass is 404 g/mol. The van der Waals surface area contributed by atoms with E-state index >= 15 is 0 Å². The van der Waals surface area contributed by atoms with E-state index in [2.05, 4.69) is 62.3 Å². The van der Waals surface area contributed by atoms with E-state index in [1.807, 2.05) is 0 Å². The summed E-state index contributed by atoms with van der Waals surface area (Å²) < 4.78 is 29.0. The molecule has 0 saturated carbocycles. The molecule has 0 atom stereocenters. The summed E-state index contributed by atoms with van der Waals surface area (Å²) in [6.45, 7) is 18.9. The van der Waals surface area contributed by atoms with Crippen molar-refractivity contribution in [2.45, 2.75) is 62.3 Å². The van der Waals surface area contributed by atoms with Gasteiger partial charge in [0.1, 0.15) is 0 Å². The third-order valence-electron chi connectivity index (χ3n) is 1.91. The molecule has 0 N–H and O–H groups in total. The summed E-state index contributed by atoms with van der Waals surface area (Å²) in [5.41, 5.74) is 0.228. The molecule has 0 rings (SSSR count). The molecule has 0 saturated heterocycles. The zero-order chi connectivity index (χ0) is 18.4. The minimum absolute atomic E-state index is 0.0760. The molecule has 0 amide bonds. The van der Waals surface area contributed by atoms with Gasteiger partial charge in [-0.25, -0.2) is 16.5 Å². The molecule has 0 aliphatic carbocycles. The van der Waals surface area contributed by atoms with E-state index in [1.54, 1.807) is 0 Å². The largest absolute Gasteiger partial charge is 0.508 e. The van der Waals surface area contributed by atoms with Gasteiger partial charge in [0.15, 0.2) is 0 Å². The van der Waals surface area contributed by atoms with Crippen molar-refractivity contribution in [3.8, 4) is 0 Å². The Labute approximate surface area is 156 Å². The van der Waals surface area contributed by atoms with Crippen molar-refractivity contribution in [1.29, 1.82) is 0 Å². The smallest absolute Gasteiger partial charge is 0.225 e. The fourth-order valence-electron chi connectivity index (χ4n) is 0.840. The number of hydrogen-bond donors (Lipinski definition) is 0. The van der Waals surface area contributed by atoms with Crippen LogP contribution in [0.5, 0.6) is 0 Å². The topological polar surface area (TPSA) is 44.8 Å². The quantitative estimate of drug-likeness (QED) is 0.297. The van der Waals surface area contributed by atoms with Crippen LogP contribution in [0.2, 0.25) is 0 Å². The van der Waals surface area contributed by atoms with Gasteiger partial charge in [-0.05, 0) is 16.2 Å². The lowest BCUT2D eigenvalue weighted by molar-refractivity contribution is 0.344. The van der Waals surface area contributed by atoms with Crippen molar-refractivity contribution in [3.05, 3.63) is 0 Å². The van der Waals surface area contributed by atoms with Crippen LogP contribution in [0, 0.1) is 16.2 Å². The highest BCUT2D eigenvalue weighted by Gasteiger charge is 2.32. The van der Waals surface area contributed by atoms with Crippen LogP contribution in [0.3, 0.4) is 0 Å². The first-order valence-corrected chi connectivity index (χ1v) is 11.8. The van der Waals surface area contributed by atoms with Crippen LogP contribution >= 0.6 is 44.0 Å². The molecular formula is C15H33O4PS3. The summed E-state index contributed by atoms with van der Waals surface area (Å²) in [7, 11) is -3.59. The zero-order valence-electron chi connectivity index (χ0n) is 15.9. The summed E-state index contributed by atoms with van der Waals surface area (Å²) in [6.07, 6.45) is 0. The summed E-state index contributed by atoms with van der Waals surface area (Å²) in [5, 5.41) is 0. The van der Waals surface area contributed by atoms with Crippen LogP contribution < -0.4 is 0 Å². The van der Waals surface area contributed by atoms with E-state index < -0.39 is 7.82 Å². The van der Waals surface area contributed by atoms with Crippen LogP contribution in [0.15, 0.2) is 0 Å². The van der Waals surface area contributed by atoms with Crippen molar-refractivity contribution < 1.29 is 16.5 Å². The van der Waals surface area contributed by atoms with Crippen molar-refractivity contribution >= 4 is 44.0 Å². The molecular weight excluding hydrogens is 371 g/mol. The van der Waals surface area contributed by atoms with Gasteiger partial charge >= 0.3 is 7.82 Å². The fraction of sp³-hybridized carbons (Fsp3) is 1.00. The van der Waals surface area contributed by atoms with E-state index in [0.29, 0.717) is 17.3 Å². The Hall–Kier alpha value is 1.16. The van der Waals surface area contributed by atoms with Crippen molar-refractivity contribution in [3.63, 3.8) is 0 Å². The van der Waals surface area contributed by atoms with E-state index in [-0.39, 0.29) is 16.2 Å². The minimum Gasteiger partial charge on any atom is -0.225 e. The van der Waals surface area contributed by atoms with Gasteiger partial charge in [-0.3, -0.25) is 0 Å². The van der Waals surface area contributed by atoms with E-state index in [1.165, 1.54) is 0 Å². The van der Waals surface area contributed by atoms with Crippen molar-refractivity contribution in [2.75, 3.05) is 17.3 Å². The molecule has 0 aromatic rings. The maximum Gasteiger partial charge on any atom is 0.508 e. The molecule has 0 radical (unpaired) electrons. The average Bonchev–Trinajstić information content (AvgIpc) is 2.22. The van der Waals surface area contributed by atoms with Gasteiger partial charge < -0.3 is 0 Å². The van der Waals surface area contributed by atoms with Gasteiger partial charge in [-0.1, -0.05) is 62.3 Å². The van der Waals surface area contributed by atoms with Gasteiger partial charge in [0.25, 0.3) is 0 Å². The van der Waals surface area contributed by atoms with Gasteiger partial charge in [-0.2, -0.15) is 0 Å². The summed E-state index contributed by atoms with van der Waals surface area (Å²) in [5.74, 6) is 2.12. The molecule has 0 aromatic carbocycles. The Morgan fingerprint density at radius 2 is 0.826 bits per heavy atom. The predicted octanol–water partition coefficient (Wildman–Crippen LogP) is 7.23. The molecule has 140 valence electrons. The maximum absolute atomic E-state index is 12.7. The molecule has 0 aliphatic rings. The number of rotatable bonds is 9. The SMILES string of the molecule is CC(C)(C)CSOP(=O)(OSCC(C)(C)C)OSCC(C)(C)C. The molecule has 0 spiro atoms. The van der Waals surface area contributed by atoms with Gasteiger partial charge in [0.2, 0.25) is 0 Å². The number of phosphoric acid groups is 1. The lowest BCUT2D eigenvalue weighted by Crippen LogP contribution is -2.10. The molecule has 0 fully saturated rings. The zero-order valence-corrected chi connectivity index (χ0v) is 19.3. The third-order valence-corrected chi connectivity index (χ3v) is 8.32. The highest BCUT2D eigenvalue weighted by molar-refractivity contribution is 8.04. The van der Waals surface area contributed by atoms with Crippen LogP contribution in [-0.4, -0.2) is 17.3 Å². The van der Waals surface area contributed by atoms with Crippen LogP contribution in [0.1, 0.15) is 62.3 Å². The Bertz CT molecular complexity index is 327. The molecule has 0 aliphatic heterocycles. The second-order valence-corrected chi connectivity index (χ2v) is 13.4. The van der Waals surface area contributed by atoms with Crippen molar-refractivity contribution in [1.82, 2.24) is 0 Å². The third kappa shape index (κ3) is 16.4. The molecule has 23 heavy (non-hydrogen) atoms. The highest BCUT2D eigenvalue weighted by atomic mass is 32.2. The first-order valence-electron chi connectivity index (χ1n) is 7.66. The number of hydrogen-bond acceptors (Lipinski definition) is 7.